The molecule has 5 heteroatoms. The molecule has 0 aliphatic carbocycles. The first kappa shape index (κ1) is 19.8. The van der Waals surface area contributed by atoms with Crippen molar-refractivity contribution in [1.82, 2.24) is 10.2 Å². The summed E-state index contributed by atoms with van der Waals surface area (Å²) >= 11 is 0. The number of urea groups is 1. The highest BCUT2D eigenvalue weighted by atomic mass is 16.2. The molecule has 0 aromatic heterocycles. The van der Waals surface area contributed by atoms with E-state index < -0.39 is 17.5 Å². The summed E-state index contributed by atoms with van der Waals surface area (Å²) in [5.41, 5.74) is 3.17. The van der Waals surface area contributed by atoms with E-state index >= 15 is 0 Å². The normalized spacial score (nSPS) is 19.1. The number of hydrogen-bond acceptors (Lipinski definition) is 3. The molecule has 3 rings (SSSR count). The maximum Gasteiger partial charge on any atom is 0.325 e. The number of hydrogen-bond donors (Lipinski definition) is 1. The van der Waals surface area contributed by atoms with Crippen molar-refractivity contribution < 1.29 is 14.4 Å². The maximum absolute atomic E-state index is 13.0. The molecular formula is C23H26N2O3. The third kappa shape index (κ3) is 3.57. The summed E-state index contributed by atoms with van der Waals surface area (Å²) in [5.74, 6) is -0.651. The van der Waals surface area contributed by atoms with E-state index in [1.54, 1.807) is 13.0 Å². The third-order valence-corrected chi connectivity index (χ3v) is 5.33. The van der Waals surface area contributed by atoms with Crippen molar-refractivity contribution in [2.24, 2.45) is 0 Å². The van der Waals surface area contributed by atoms with Gasteiger partial charge in [0.25, 0.3) is 5.91 Å². The van der Waals surface area contributed by atoms with Gasteiger partial charge in [-0.15, -0.1) is 0 Å². The van der Waals surface area contributed by atoms with Crippen LogP contribution in [-0.2, 0) is 16.8 Å². The van der Waals surface area contributed by atoms with Crippen LogP contribution < -0.4 is 5.32 Å². The molecule has 1 saturated heterocycles. The molecule has 1 fully saturated rings. The van der Waals surface area contributed by atoms with Crippen LogP contribution in [0.3, 0.4) is 0 Å². The second-order valence-corrected chi connectivity index (χ2v) is 7.63. The number of aryl methyl sites for hydroxylation is 3. The second kappa shape index (κ2) is 7.58. The number of nitrogens with zero attached hydrogens (tertiary/aromatic N) is 1. The van der Waals surface area contributed by atoms with Crippen LogP contribution in [0.2, 0.25) is 0 Å². The lowest BCUT2D eigenvalue weighted by Gasteiger charge is -2.22. The van der Waals surface area contributed by atoms with E-state index in [9.17, 15) is 14.4 Å². The smallest absolute Gasteiger partial charge is 0.319 e. The first-order valence-corrected chi connectivity index (χ1v) is 9.60. The number of nitrogens with one attached hydrogen (secondary N) is 1. The summed E-state index contributed by atoms with van der Waals surface area (Å²) in [4.78, 5) is 39.3. The van der Waals surface area contributed by atoms with Crippen molar-refractivity contribution in [1.29, 1.82) is 0 Å². The van der Waals surface area contributed by atoms with Crippen molar-refractivity contribution in [3.8, 4) is 0 Å². The molecule has 1 aliphatic rings. The van der Waals surface area contributed by atoms with Crippen molar-refractivity contribution in [2.45, 2.75) is 46.1 Å². The fourth-order valence-corrected chi connectivity index (χ4v) is 3.68. The maximum atomic E-state index is 13.0. The minimum absolute atomic E-state index is 0.247. The van der Waals surface area contributed by atoms with Crippen LogP contribution in [0.4, 0.5) is 4.79 Å². The van der Waals surface area contributed by atoms with E-state index in [1.807, 2.05) is 50.2 Å². The van der Waals surface area contributed by atoms with Crippen LogP contribution >= 0.6 is 0 Å². The van der Waals surface area contributed by atoms with Crippen LogP contribution in [0.5, 0.6) is 0 Å². The van der Waals surface area contributed by atoms with Gasteiger partial charge < -0.3 is 5.32 Å². The molecule has 1 aliphatic heterocycles. The summed E-state index contributed by atoms with van der Waals surface area (Å²) < 4.78 is 0. The quantitative estimate of drug-likeness (QED) is 0.612. The van der Waals surface area contributed by atoms with Gasteiger partial charge in [-0.3, -0.25) is 14.5 Å². The van der Waals surface area contributed by atoms with Gasteiger partial charge in [0, 0.05) is 5.56 Å². The van der Waals surface area contributed by atoms with E-state index in [-0.39, 0.29) is 12.3 Å². The number of imide groups is 1. The highest BCUT2D eigenvalue weighted by molar-refractivity contribution is 6.11. The molecule has 0 saturated carbocycles. The van der Waals surface area contributed by atoms with E-state index in [4.69, 9.17) is 0 Å². The van der Waals surface area contributed by atoms with Crippen molar-refractivity contribution in [2.75, 3.05) is 6.54 Å². The Morgan fingerprint density at radius 2 is 1.75 bits per heavy atom. The third-order valence-electron chi connectivity index (χ3n) is 5.33. The standard InChI is InChI=1S/C23H26N2O3/c1-5-6-17-8-10-18(11-9-17)23(4)21(27)25(22(28)24-23)14-20(26)19-12-7-15(2)13-16(19)3/h7-13H,5-6,14H2,1-4H3,(H,24,28)/t23-/m0/s1. The van der Waals surface area contributed by atoms with Crippen molar-refractivity contribution in [3.63, 3.8) is 0 Å². The highest BCUT2D eigenvalue weighted by Gasteiger charge is 2.49. The molecule has 0 unspecified atom stereocenters. The van der Waals surface area contributed by atoms with E-state index in [1.165, 1.54) is 5.56 Å². The van der Waals surface area contributed by atoms with Gasteiger partial charge in [-0.05, 0) is 43.9 Å². The van der Waals surface area contributed by atoms with Crippen molar-refractivity contribution >= 4 is 17.7 Å². The highest BCUT2D eigenvalue weighted by Crippen LogP contribution is 2.29. The minimum Gasteiger partial charge on any atom is -0.319 e. The molecule has 1 heterocycles. The molecule has 1 N–H and O–H groups in total. The topological polar surface area (TPSA) is 66.5 Å². The van der Waals surface area contributed by atoms with Crippen LogP contribution in [-0.4, -0.2) is 29.2 Å². The first-order valence-electron chi connectivity index (χ1n) is 9.60. The Balaban J connectivity index is 1.81. The van der Waals surface area contributed by atoms with Gasteiger partial charge in [0.2, 0.25) is 0 Å². The van der Waals surface area contributed by atoms with Gasteiger partial charge in [0.05, 0.1) is 6.54 Å². The number of amides is 3. The number of benzene rings is 2. The van der Waals surface area contributed by atoms with Crippen molar-refractivity contribution in [3.05, 3.63) is 70.3 Å². The van der Waals surface area contributed by atoms with Crippen LogP contribution in [0, 0.1) is 13.8 Å². The second-order valence-electron chi connectivity index (χ2n) is 7.63. The zero-order valence-corrected chi connectivity index (χ0v) is 16.8. The zero-order valence-electron chi connectivity index (χ0n) is 16.8. The van der Waals surface area contributed by atoms with E-state index in [0.29, 0.717) is 11.1 Å². The minimum atomic E-state index is -1.16. The molecular weight excluding hydrogens is 352 g/mol. The molecule has 28 heavy (non-hydrogen) atoms. The first-order chi connectivity index (χ1) is 13.3. The Bertz CT molecular complexity index is 933. The van der Waals surface area contributed by atoms with Crippen LogP contribution in [0.25, 0.3) is 0 Å². The Labute approximate surface area is 165 Å². The lowest BCUT2D eigenvalue weighted by molar-refractivity contribution is -0.130. The Kier molecular flexibility index (Phi) is 5.36. The predicted molar refractivity (Wildman–Crippen MR) is 108 cm³/mol. The van der Waals surface area contributed by atoms with Gasteiger partial charge in [0.15, 0.2) is 5.78 Å². The Hall–Kier alpha value is -2.95. The van der Waals surface area contributed by atoms with Gasteiger partial charge in [-0.1, -0.05) is 61.4 Å². The number of ketones is 1. The van der Waals surface area contributed by atoms with Crippen LogP contribution in [0.1, 0.15) is 52.9 Å². The van der Waals surface area contributed by atoms with E-state index in [2.05, 4.69) is 12.2 Å². The number of rotatable bonds is 6. The van der Waals surface area contributed by atoms with Gasteiger partial charge in [-0.25, -0.2) is 4.79 Å². The molecule has 0 spiro atoms. The molecule has 0 bridgehead atoms. The average Bonchev–Trinajstić information content (AvgIpc) is 2.86. The lowest BCUT2D eigenvalue weighted by Crippen LogP contribution is -2.41. The molecule has 3 amide bonds. The number of carbonyl (C=O) groups excluding carboxylic acids is 3. The molecule has 0 radical (unpaired) electrons. The van der Waals surface area contributed by atoms with Gasteiger partial charge in [0.1, 0.15) is 5.54 Å². The number of Topliss-reactive ketones (excluding diaryl/α,β-unsaturated/α-hetero) is 1. The Morgan fingerprint density at radius 1 is 1.07 bits per heavy atom. The van der Waals surface area contributed by atoms with E-state index in [0.717, 1.165) is 28.9 Å². The molecule has 146 valence electrons. The summed E-state index contributed by atoms with van der Waals surface area (Å²) in [6.07, 6.45) is 2.01. The average molecular weight is 378 g/mol. The zero-order chi connectivity index (χ0) is 20.5. The largest absolute Gasteiger partial charge is 0.325 e. The summed E-state index contributed by atoms with van der Waals surface area (Å²) in [6.45, 7) is 7.34. The summed E-state index contributed by atoms with van der Waals surface area (Å²) in [5, 5.41) is 2.76. The summed E-state index contributed by atoms with van der Waals surface area (Å²) in [7, 11) is 0. The fourth-order valence-electron chi connectivity index (χ4n) is 3.68. The molecule has 1 atom stereocenters. The van der Waals surface area contributed by atoms with Gasteiger partial charge >= 0.3 is 6.03 Å². The Morgan fingerprint density at radius 3 is 2.36 bits per heavy atom. The van der Waals surface area contributed by atoms with Crippen LogP contribution in [0.15, 0.2) is 42.5 Å². The molecule has 2 aromatic carbocycles. The van der Waals surface area contributed by atoms with Gasteiger partial charge in [-0.2, -0.15) is 0 Å². The summed E-state index contributed by atoms with van der Waals surface area (Å²) in [6, 6.07) is 12.7. The SMILES string of the molecule is CCCc1ccc([C@]2(C)NC(=O)N(CC(=O)c3ccc(C)cc3C)C2=O)cc1. The monoisotopic (exact) mass is 378 g/mol. The fraction of sp³-hybridized carbons (Fsp3) is 0.348. The predicted octanol–water partition coefficient (Wildman–Crippen LogP) is 3.91. The molecule has 2 aromatic rings. The number of carbonyl (C=O) groups is 3. The lowest BCUT2D eigenvalue weighted by atomic mass is 9.91. The molecule has 5 nitrogen and oxygen atoms in total.